The summed E-state index contributed by atoms with van der Waals surface area (Å²) < 4.78 is 5.27. The molecule has 3 aromatic rings. The first kappa shape index (κ1) is 11.6. The highest BCUT2D eigenvalue weighted by Gasteiger charge is 2.04. The normalized spacial score (nSPS) is 9.89. The summed E-state index contributed by atoms with van der Waals surface area (Å²) in [7, 11) is 0. The van der Waals surface area contributed by atoms with Gasteiger partial charge in [0.25, 0.3) is 0 Å². The zero-order chi connectivity index (χ0) is 13.1. The van der Waals surface area contributed by atoms with Crippen LogP contribution in [0.3, 0.4) is 0 Å². The van der Waals surface area contributed by atoms with E-state index in [1.807, 2.05) is 35.7 Å². The van der Waals surface area contributed by atoms with Gasteiger partial charge in [-0.1, -0.05) is 6.07 Å². The summed E-state index contributed by atoms with van der Waals surface area (Å²) in [6.07, 6.45) is 1.61. The molecule has 0 saturated carbocycles. The van der Waals surface area contributed by atoms with Gasteiger partial charge >= 0.3 is 0 Å². The van der Waals surface area contributed by atoms with Crippen molar-refractivity contribution in [2.24, 2.45) is 0 Å². The van der Waals surface area contributed by atoms with E-state index in [1.165, 1.54) is 11.3 Å². The predicted molar refractivity (Wildman–Crippen MR) is 74.0 cm³/mol. The zero-order valence-corrected chi connectivity index (χ0v) is 10.7. The molecule has 0 saturated heterocycles. The fourth-order valence-corrected chi connectivity index (χ4v) is 2.26. The third-order valence-corrected chi connectivity index (χ3v) is 3.40. The molecule has 0 atom stereocenters. The lowest BCUT2D eigenvalue weighted by Gasteiger charge is -1.88. The molecule has 0 bridgehead atoms. The highest BCUT2D eigenvalue weighted by Crippen LogP contribution is 2.18. The number of hydrogen-bond acceptors (Lipinski definition) is 3. The molecule has 0 aliphatic rings. The fourth-order valence-electron chi connectivity index (χ4n) is 1.64. The summed E-state index contributed by atoms with van der Waals surface area (Å²) in [6.45, 7) is 0. The van der Waals surface area contributed by atoms with Crippen molar-refractivity contribution in [3.05, 3.63) is 58.6 Å². The van der Waals surface area contributed by atoms with Gasteiger partial charge in [0.2, 0.25) is 5.78 Å². The SMILES string of the molecule is O=C(C#Cc1ccc(-c2ccco2)[nH]1)c1cccs1. The van der Waals surface area contributed by atoms with Crippen LogP contribution in [0.4, 0.5) is 0 Å². The smallest absolute Gasteiger partial charge is 0.246 e. The molecule has 0 amide bonds. The maximum atomic E-state index is 11.7. The van der Waals surface area contributed by atoms with Gasteiger partial charge in [0, 0.05) is 0 Å². The number of H-pyrrole nitrogens is 1. The number of carbonyl (C=O) groups excluding carboxylic acids is 1. The number of carbonyl (C=O) groups is 1. The van der Waals surface area contributed by atoms with Crippen LogP contribution in [0.5, 0.6) is 0 Å². The van der Waals surface area contributed by atoms with Gasteiger partial charge < -0.3 is 9.40 Å². The van der Waals surface area contributed by atoms with Crippen molar-refractivity contribution in [3.8, 4) is 23.3 Å². The van der Waals surface area contributed by atoms with Crippen molar-refractivity contribution in [2.45, 2.75) is 0 Å². The Morgan fingerprint density at radius 2 is 2.16 bits per heavy atom. The van der Waals surface area contributed by atoms with Gasteiger partial charge in [-0.15, -0.1) is 11.3 Å². The fraction of sp³-hybridized carbons (Fsp3) is 0. The molecular weight excluding hydrogens is 258 g/mol. The summed E-state index contributed by atoms with van der Waals surface area (Å²) in [5.41, 5.74) is 1.54. The van der Waals surface area contributed by atoms with Gasteiger partial charge in [-0.25, -0.2) is 0 Å². The van der Waals surface area contributed by atoms with Gasteiger partial charge in [-0.05, 0) is 47.6 Å². The Balaban J connectivity index is 1.80. The second kappa shape index (κ2) is 5.01. The summed E-state index contributed by atoms with van der Waals surface area (Å²) >= 11 is 1.39. The molecule has 0 unspecified atom stereocenters. The first-order valence-electron chi connectivity index (χ1n) is 5.66. The molecule has 3 rings (SSSR count). The first-order valence-corrected chi connectivity index (χ1v) is 6.53. The van der Waals surface area contributed by atoms with Crippen LogP contribution >= 0.6 is 11.3 Å². The Morgan fingerprint density at radius 1 is 1.21 bits per heavy atom. The largest absolute Gasteiger partial charge is 0.463 e. The molecule has 0 spiro atoms. The average molecular weight is 267 g/mol. The van der Waals surface area contributed by atoms with E-state index in [1.54, 1.807) is 12.3 Å². The zero-order valence-electron chi connectivity index (χ0n) is 9.84. The topological polar surface area (TPSA) is 46.0 Å². The second-order valence-electron chi connectivity index (χ2n) is 3.82. The van der Waals surface area contributed by atoms with E-state index in [-0.39, 0.29) is 5.78 Å². The van der Waals surface area contributed by atoms with E-state index < -0.39 is 0 Å². The minimum absolute atomic E-state index is 0.163. The number of nitrogens with one attached hydrogen (secondary N) is 1. The predicted octanol–water partition coefficient (Wildman–Crippen LogP) is 3.57. The molecule has 0 radical (unpaired) electrons. The van der Waals surface area contributed by atoms with Crippen LogP contribution in [0.15, 0.2) is 52.5 Å². The number of aromatic amines is 1. The van der Waals surface area contributed by atoms with Gasteiger partial charge in [-0.2, -0.15) is 0 Å². The van der Waals surface area contributed by atoms with Crippen molar-refractivity contribution < 1.29 is 9.21 Å². The lowest BCUT2D eigenvalue weighted by atomic mass is 10.3. The van der Waals surface area contributed by atoms with Gasteiger partial charge in [-0.3, -0.25) is 4.79 Å². The van der Waals surface area contributed by atoms with Crippen LogP contribution in [0.25, 0.3) is 11.5 Å². The second-order valence-corrected chi connectivity index (χ2v) is 4.77. The van der Waals surface area contributed by atoms with Crippen LogP contribution in [-0.2, 0) is 0 Å². The summed E-state index contributed by atoms with van der Waals surface area (Å²) in [5.74, 6) is 6.03. The number of aromatic nitrogens is 1. The molecule has 19 heavy (non-hydrogen) atoms. The number of Topliss-reactive ketones (excluding diaryl/α,β-unsaturated/α-hetero) is 1. The van der Waals surface area contributed by atoms with E-state index in [0.717, 1.165) is 11.5 Å². The molecular formula is C15H9NO2S. The Kier molecular flexibility index (Phi) is 3.05. The number of rotatable bonds is 2. The van der Waals surface area contributed by atoms with Gasteiger partial charge in [0.15, 0.2) is 0 Å². The Labute approximate surface area is 113 Å². The van der Waals surface area contributed by atoms with E-state index in [2.05, 4.69) is 16.8 Å². The van der Waals surface area contributed by atoms with E-state index in [4.69, 9.17) is 4.42 Å². The molecule has 3 aromatic heterocycles. The highest BCUT2D eigenvalue weighted by atomic mass is 32.1. The Bertz CT molecular complexity index is 740. The summed E-state index contributed by atoms with van der Waals surface area (Å²) in [5, 5.41) is 1.86. The molecule has 0 fully saturated rings. The van der Waals surface area contributed by atoms with Crippen LogP contribution in [-0.4, -0.2) is 10.8 Å². The number of ketones is 1. The molecule has 0 aromatic carbocycles. The third-order valence-electron chi connectivity index (χ3n) is 2.53. The molecule has 3 heterocycles. The summed E-state index contributed by atoms with van der Waals surface area (Å²) in [6, 6.07) is 11.0. The molecule has 4 heteroatoms. The van der Waals surface area contributed by atoms with Crippen molar-refractivity contribution in [2.75, 3.05) is 0 Å². The maximum absolute atomic E-state index is 11.7. The molecule has 1 N–H and O–H groups in total. The number of thiophene rings is 1. The van der Waals surface area contributed by atoms with Crippen molar-refractivity contribution in [1.29, 1.82) is 0 Å². The number of hydrogen-bond donors (Lipinski definition) is 1. The van der Waals surface area contributed by atoms with Gasteiger partial charge in [0.05, 0.1) is 22.5 Å². The first-order chi connectivity index (χ1) is 9.33. The lowest BCUT2D eigenvalue weighted by molar-refractivity contribution is 0.106. The average Bonchev–Trinajstić information content (AvgIpc) is 3.14. The Hall–Kier alpha value is -2.51. The van der Waals surface area contributed by atoms with E-state index >= 15 is 0 Å². The monoisotopic (exact) mass is 267 g/mol. The maximum Gasteiger partial charge on any atom is 0.246 e. The van der Waals surface area contributed by atoms with Crippen molar-refractivity contribution in [3.63, 3.8) is 0 Å². The van der Waals surface area contributed by atoms with Gasteiger partial charge in [0.1, 0.15) is 5.76 Å². The molecule has 92 valence electrons. The molecule has 3 nitrogen and oxygen atoms in total. The van der Waals surface area contributed by atoms with Crippen molar-refractivity contribution in [1.82, 2.24) is 4.98 Å². The molecule has 0 aliphatic carbocycles. The van der Waals surface area contributed by atoms with E-state index in [9.17, 15) is 4.79 Å². The van der Waals surface area contributed by atoms with Crippen LogP contribution in [0, 0.1) is 11.8 Å². The van der Waals surface area contributed by atoms with Crippen LogP contribution < -0.4 is 0 Å². The highest BCUT2D eigenvalue weighted by molar-refractivity contribution is 7.12. The summed E-state index contributed by atoms with van der Waals surface area (Å²) in [4.78, 5) is 15.5. The quantitative estimate of drug-likeness (QED) is 0.570. The van der Waals surface area contributed by atoms with E-state index in [0.29, 0.717) is 10.6 Å². The van der Waals surface area contributed by atoms with Crippen LogP contribution in [0.1, 0.15) is 15.4 Å². The van der Waals surface area contributed by atoms with Crippen LogP contribution in [0.2, 0.25) is 0 Å². The van der Waals surface area contributed by atoms with Crippen molar-refractivity contribution >= 4 is 17.1 Å². The Morgan fingerprint density at radius 3 is 2.89 bits per heavy atom. The third kappa shape index (κ3) is 2.51. The standard InChI is InChI=1S/C15H9NO2S/c17-13(15-4-2-10-19-15)8-6-11-5-7-12(16-11)14-3-1-9-18-14/h1-5,7,9-10,16H. The molecule has 0 aliphatic heterocycles. The number of furan rings is 1. The lowest BCUT2D eigenvalue weighted by Crippen LogP contribution is -1.89. The minimum Gasteiger partial charge on any atom is -0.463 e. The minimum atomic E-state index is -0.163.